The van der Waals surface area contributed by atoms with Crippen LogP contribution in [0.25, 0.3) is 0 Å². The molecule has 0 N–H and O–H groups in total. The Morgan fingerprint density at radius 1 is 0.263 bits per heavy atom. The van der Waals surface area contributed by atoms with Gasteiger partial charge in [0.15, 0.2) is 6.10 Å². The van der Waals surface area contributed by atoms with Crippen molar-refractivity contribution in [2.75, 3.05) is 13.2 Å². The van der Waals surface area contributed by atoms with Gasteiger partial charge in [0.25, 0.3) is 0 Å². The summed E-state index contributed by atoms with van der Waals surface area (Å²) in [6, 6.07) is 0. The first-order chi connectivity index (χ1) is 39.5. The third-order valence-corrected chi connectivity index (χ3v) is 16.1. The quantitative estimate of drug-likeness (QED) is 0.0261. The van der Waals surface area contributed by atoms with Crippen LogP contribution in [0, 0.1) is 0 Å². The zero-order valence-corrected chi connectivity index (χ0v) is 53.9. The van der Waals surface area contributed by atoms with Gasteiger partial charge in [-0.15, -0.1) is 0 Å². The number of ether oxygens (including phenoxy) is 3. The Morgan fingerprint density at radius 2 is 0.487 bits per heavy atom. The average molecular weight is 1120 g/mol. The van der Waals surface area contributed by atoms with Crippen molar-refractivity contribution in [3.8, 4) is 0 Å². The first-order valence-corrected chi connectivity index (χ1v) is 35.6. The summed E-state index contributed by atoms with van der Waals surface area (Å²) in [4.78, 5) is 38.3. The van der Waals surface area contributed by atoms with E-state index < -0.39 is 6.10 Å². The smallest absolute Gasteiger partial charge is 0.306 e. The summed E-state index contributed by atoms with van der Waals surface area (Å²) in [5.74, 6) is -0.948. The van der Waals surface area contributed by atoms with E-state index in [0.29, 0.717) is 19.3 Å². The predicted molar refractivity (Wildman–Crippen MR) is 349 cm³/mol. The molecule has 1 atom stereocenters. The van der Waals surface area contributed by atoms with Gasteiger partial charge in [-0.3, -0.25) is 14.4 Å². The zero-order valence-electron chi connectivity index (χ0n) is 53.9. The van der Waals surface area contributed by atoms with Gasteiger partial charge >= 0.3 is 17.9 Å². The van der Waals surface area contributed by atoms with E-state index in [4.69, 9.17) is 14.2 Å². The Labute approximate surface area is 498 Å². The second kappa shape index (κ2) is 68.9. The van der Waals surface area contributed by atoms with Crippen molar-refractivity contribution in [3.05, 3.63) is 48.6 Å². The summed E-state index contributed by atoms with van der Waals surface area (Å²) in [6.45, 7) is 6.54. The van der Waals surface area contributed by atoms with Crippen LogP contribution >= 0.6 is 0 Å². The monoisotopic (exact) mass is 1120 g/mol. The van der Waals surface area contributed by atoms with Crippen molar-refractivity contribution in [1.29, 1.82) is 0 Å². The number of rotatable bonds is 66. The largest absolute Gasteiger partial charge is 0.462 e. The molecule has 0 aliphatic carbocycles. The summed E-state index contributed by atoms with van der Waals surface area (Å²) < 4.78 is 16.9. The van der Waals surface area contributed by atoms with Gasteiger partial charge in [-0.1, -0.05) is 371 Å². The normalized spacial score (nSPS) is 12.3. The lowest BCUT2D eigenvalue weighted by Gasteiger charge is -2.18. The number of esters is 3. The van der Waals surface area contributed by atoms with Crippen LogP contribution in [0.5, 0.6) is 0 Å². The maximum atomic E-state index is 12.9. The third kappa shape index (κ3) is 66.2. The molecule has 0 saturated carbocycles. The molecule has 1 unspecified atom stereocenters. The molecule has 80 heavy (non-hydrogen) atoms. The highest BCUT2D eigenvalue weighted by atomic mass is 16.6. The molecule has 468 valence electrons. The minimum absolute atomic E-state index is 0.0897. The van der Waals surface area contributed by atoms with Crippen LogP contribution < -0.4 is 0 Å². The number of allylic oxidation sites excluding steroid dienone is 8. The summed E-state index contributed by atoms with van der Waals surface area (Å²) in [6.07, 6.45) is 87.5. The Bertz CT molecular complexity index is 1380. The summed E-state index contributed by atoms with van der Waals surface area (Å²) >= 11 is 0. The molecule has 0 aliphatic heterocycles. The van der Waals surface area contributed by atoms with Crippen molar-refractivity contribution in [2.45, 2.75) is 393 Å². The molecule has 0 radical (unpaired) electrons. The lowest BCUT2D eigenvalue weighted by atomic mass is 10.0. The minimum atomic E-state index is -0.800. The Morgan fingerprint density at radius 3 is 0.762 bits per heavy atom. The molecule has 0 aromatic carbocycles. The van der Waals surface area contributed by atoms with Crippen LogP contribution in [-0.2, 0) is 28.6 Å². The molecule has 0 aliphatic rings. The fourth-order valence-electron chi connectivity index (χ4n) is 10.8. The van der Waals surface area contributed by atoms with E-state index in [-0.39, 0.29) is 37.5 Å². The number of unbranched alkanes of at least 4 members (excludes halogenated alkanes) is 47. The fraction of sp³-hybridized carbons (Fsp3) is 0.851. The highest BCUT2D eigenvalue weighted by molar-refractivity contribution is 5.71. The molecule has 0 aromatic heterocycles. The van der Waals surface area contributed by atoms with Crippen LogP contribution in [0.4, 0.5) is 0 Å². The molecule has 0 bridgehead atoms. The molecule has 6 nitrogen and oxygen atoms in total. The standard InChI is InChI=1S/C74H136O6/c1-4-7-10-13-16-19-22-25-27-29-31-33-34-35-36-37-38-39-41-42-44-46-49-52-55-58-61-64-67-73(76)79-70-71(69-78-72(75)66-63-60-57-54-51-48-24-21-18-15-12-9-6-3)80-74(77)68-65-62-59-56-53-50-47-45-43-40-32-30-28-26-23-20-17-14-11-8-5-2/h9,12,18,21,48,51,57,60,71H,4-8,10-11,13-17,19-20,22-47,49-50,52-56,58-59,61-70H2,1-3H3/b12-9-,21-18-,51-48-,60-57-. The lowest BCUT2D eigenvalue weighted by Crippen LogP contribution is -2.30. The van der Waals surface area contributed by atoms with Crippen molar-refractivity contribution in [1.82, 2.24) is 0 Å². The van der Waals surface area contributed by atoms with Crippen LogP contribution in [0.2, 0.25) is 0 Å². The molecule has 0 heterocycles. The van der Waals surface area contributed by atoms with Gasteiger partial charge in [0.05, 0.1) is 0 Å². The van der Waals surface area contributed by atoms with Gasteiger partial charge in [0.1, 0.15) is 13.2 Å². The Hall–Kier alpha value is -2.63. The second-order valence-electron chi connectivity index (χ2n) is 24.1. The SMILES string of the molecule is CC/C=C\C/C=C\C/C=C\C/C=C\CCC(=O)OCC(COC(=O)CCCCCCCCCCCCCCCCCCCCCCCCCCCCCC)OC(=O)CCCCCCCCCCCCCCCCCCCCCCC. The van der Waals surface area contributed by atoms with E-state index >= 15 is 0 Å². The first-order valence-electron chi connectivity index (χ1n) is 35.6. The van der Waals surface area contributed by atoms with E-state index in [1.807, 2.05) is 6.08 Å². The second-order valence-corrected chi connectivity index (χ2v) is 24.1. The van der Waals surface area contributed by atoms with Gasteiger partial charge in [-0.25, -0.2) is 0 Å². The molecule has 0 spiro atoms. The van der Waals surface area contributed by atoms with E-state index in [1.54, 1.807) is 0 Å². The van der Waals surface area contributed by atoms with Gasteiger partial charge < -0.3 is 14.2 Å². The van der Waals surface area contributed by atoms with Crippen molar-refractivity contribution in [3.63, 3.8) is 0 Å². The summed E-state index contributed by atoms with van der Waals surface area (Å²) in [7, 11) is 0. The molecule has 0 rings (SSSR count). The first kappa shape index (κ1) is 77.4. The van der Waals surface area contributed by atoms with Crippen LogP contribution in [0.3, 0.4) is 0 Å². The molecular formula is C74H136O6. The number of carbonyl (C=O) groups is 3. The summed E-state index contributed by atoms with van der Waals surface area (Å²) in [5.41, 5.74) is 0. The minimum Gasteiger partial charge on any atom is -0.462 e. The predicted octanol–water partition coefficient (Wildman–Crippen LogP) is 24.5. The van der Waals surface area contributed by atoms with E-state index in [1.165, 1.54) is 276 Å². The van der Waals surface area contributed by atoms with Crippen molar-refractivity contribution in [2.24, 2.45) is 0 Å². The average Bonchev–Trinajstić information content (AvgIpc) is 3.46. The highest BCUT2D eigenvalue weighted by Crippen LogP contribution is 2.19. The molecule has 0 saturated heterocycles. The molecular weight excluding hydrogens is 985 g/mol. The van der Waals surface area contributed by atoms with Gasteiger partial charge in [0, 0.05) is 19.3 Å². The molecule has 0 amide bonds. The molecule has 0 aromatic rings. The molecule has 0 fully saturated rings. The topological polar surface area (TPSA) is 78.9 Å². The van der Waals surface area contributed by atoms with E-state index in [2.05, 4.69) is 63.3 Å². The van der Waals surface area contributed by atoms with Crippen LogP contribution in [0.1, 0.15) is 387 Å². The summed E-state index contributed by atoms with van der Waals surface area (Å²) in [5, 5.41) is 0. The van der Waals surface area contributed by atoms with Crippen molar-refractivity contribution < 1.29 is 28.6 Å². The molecule has 6 heteroatoms. The fourth-order valence-corrected chi connectivity index (χ4v) is 10.8. The Balaban J connectivity index is 4.21. The van der Waals surface area contributed by atoms with E-state index in [0.717, 1.165) is 64.2 Å². The number of hydrogen-bond donors (Lipinski definition) is 0. The van der Waals surface area contributed by atoms with Crippen LogP contribution in [-0.4, -0.2) is 37.2 Å². The number of carbonyl (C=O) groups excluding carboxylic acids is 3. The highest BCUT2D eigenvalue weighted by Gasteiger charge is 2.19. The lowest BCUT2D eigenvalue weighted by molar-refractivity contribution is -0.166. The van der Waals surface area contributed by atoms with E-state index in [9.17, 15) is 14.4 Å². The zero-order chi connectivity index (χ0) is 57.8. The van der Waals surface area contributed by atoms with Crippen LogP contribution in [0.15, 0.2) is 48.6 Å². The van der Waals surface area contributed by atoms with Crippen molar-refractivity contribution >= 4 is 17.9 Å². The third-order valence-electron chi connectivity index (χ3n) is 16.1. The van der Waals surface area contributed by atoms with Gasteiger partial charge in [-0.2, -0.15) is 0 Å². The Kier molecular flexibility index (Phi) is 66.6. The van der Waals surface area contributed by atoms with Gasteiger partial charge in [0.2, 0.25) is 0 Å². The maximum absolute atomic E-state index is 12.9. The maximum Gasteiger partial charge on any atom is 0.306 e. The number of hydrogen-bond acceptors (Lipinski definition) is 6. The van der Waals surface area contributed by atoms with Gasteiger partial charge in [-0.05, 0) is 44.9 Å².